The minimum Gasteiger partial charge on any atom is -0.363 e. The normalized spacial score (nSPS) is 29.1. The Kier molecular flexibility index (Phi) is 3.32. The fourth-order valence-electron chi connectivity index (χ4n) is 3.35. The zero-order chi connectivity index (χ0) is 14.4. The molecule has 2 fully saturated rings. The molecule has 4 rings (SSSR count). The lowest BCUT2D eigenvalue weighted by atomic mass is 10.0. The Labute approximate surface area is 127 Å². The van der Waals surface area contributed by atoms with Gasteiger partial charge in [0.15, 0.2) is 5.82 Å². The Bertz CT molecular complexity index is 624. The predicted molar refractivity (Wildman–Crippen MR) is 79.1 cm³/mol. The highest BCUT2D eigenvalue weighted by molar-refractivity contribution is 7.10. The van der Waals surface area contributed by atoms with Gasteiger partial charge in [-0.25, -0.2) is 0 Å². The Balaban J connectivity index is 1.38. The van der Waals surface area contributed by atoms with E-state index in [1.165, 1.54) is 10.4 Å². The second kappa shape index (κ2) is 5.19. The van der Waals surface area contributed by atoms with E-state index in [1.807, 2.05) is 18.3 Å². The lowest BCUT2D eigenvalue weighted by Gasteiger charge is -2.17. The monoisotopic (exact) mass is 305 g/mol. The summed E-state index contributed by atoms with van der Waals surface area (Å²) in [4.78, 5) is 8.27. The molecule has 2 aromatic rings. The molecule has 0 spiro atoms. The van der Waals surface area contributed by atoms with Gasteiger partial charge in [0, 0.05) is 30.4 Å². The van der Waals surface area contributed by atoms with E-state index in [9.17, 15) is 0 Å². The Morgan fingerprint density at radius 3 is 2.95 bits per heavy atom. The first kappa shape index (κ1) is 13.4. The van der Waals surface area contributed by atoms with Crippen LogP contribution in [0.5, 0.6) is 0 Å². The lowest BCUT2D eigenvalue weighted by molar-refractivity contribution is 0.0199. The summed E-state index contributed by atoms with van der Waals surface area (Å²) in [6.45, 7) is 7.18. The number of nitrogens with zero attached hydrogens (tertiary/aromatic N) is 3. The number of hydrogen-bond acceptors (Lipinski definition) is 6. The van der Waals surface area contributed by atoms with Crippen LogP contribution >= 0.6 is 11.3 Å². The van der Waals surface area contributed by atoms with Gasteiger partial charge in [-0.2, -0.15) is 4.98 Å². The average molecular weight is 305 g/mol. The highest BCUT2D eigenvalue weighted by Crippen LogP contribution is 2.40. The van der Waals surface area contributed by atoms with Crippen LogP contribution in [0.2, 0.25) is 0 Å². The zero-order valence-electron chi connectivity index (χ0n) is 12.3. The van der Waals surface area contributed by atoms with Gasteiger partial charge in [0.1, 0.15) is 6.10 Å². The van der Waals surface area contributed by atoms with Gasteiger partial charge in [-0.1, -0.05) is 5.16 Å². The largest absolute Gasteiger partial charge is 0.363 e. The van der Waals surface area contributed by atoms with Gasteiger partial charge in [0.25, 0.3) is 5.89 Å². The Morgan fingerprint density at radius 2 is 2.29 bits per heavy atom. The highest BCUT2D eigenvalue weighted by atomic mass is 32.1. The van der Waals surface area contributed by atoms with Gasteiger partial charge in [0.2, 0.25) is 0 Å². The third-order valence-corrected chi connectivity index (χ3v) is 5.47. The molecule has 21 heavy (non-hydrogen) atoms. The predicted octanol–water partition coefficient (Wildman–Crippen LogP) is 2.71. The van der Waals surface area contributed by atoms with Gasteiger partial charge < -0.3 is 9.26 Å². The molecule has 4 heterocycles. The molecule has 2 aliphatic heterocycles. The van der Waals surface area contributed by atoms with Crippen LogP contribution in [0.3, 0.4) is 0 Å². The van der Waals surface area contributed by atoms with Crippen molar-refractivity contribution in [2.75, 3.05) is 13.1 Å². The second-order valence-corrected chi connectivity index (χ2v) is 7.06. The maximum atomic E-state index is 6.13. The van der Waals surface area contributed by atoms with E-state index in [1.54, 1.807) is 0 Å². The van der Waals surface area contributed by atoms with Crippen LogP contribution in [0.1, 0.15) is 34.7 Å². The van der Waals surface area contributed by atoms with Crippen molar-refractivity contribution in [1.29, 1.82) is 0 Å². The van der Waals surface area contributed by atoms with Gasteiger partial charge in [0.05, 0.1) is 6.10 Å². The standard InChI is InChI=1S/C15H19N3O2S/c1-9-3-4-21-14(9)8-18-6-11-5-12(19-13(11)7-18)15-16-10(2)17-20-15/h3-4,11-13H,5-8H2,1-2H3/t11-,12-,13+/m0/s1. The van der Waals surface area contributed by atoms with E-state index < -0.39 is 0 Å². The fourth-order valence-corrected chi connectivity index (χ4v) is 4.30. The molecule has 2 aromatic heterocycles. The van der Waals surface area contributed by atoms with E-state index >= 15 is 0 Å². The van der Waals surface area contributed by atoms with E-state index in [0.717, 1.165) is 26.1 Å². The van der Waals surface area contributed by atoms with Crippen molar-refractivity contribution in [3.63, 3.8) is 0 Å². The van der Waals surface area contributed by atoms with E-state index in [0.29, 0.717) is 23.7 Å². The van der Waals surface area contributed by atoms with Crippen LogP contribution in [-0.4, -0.2) is 34.2 Å². The van der Waals surface area contributed by atoms with Crippen LogP contribution in [0, 0.1) is 19.8 Å². The number of fused-ring (bicyclic) bond motifs is 1. The Hall–Kier alpha value is -1.24. The van der Waals surface area contributed by atoms with Crippen molar-refractivity contribution in [3.05, 3.63) is 33.6 Å². The number of ether oxygens (including phenoxy) is 1. The van der Waals surface area contributed by atoms with Gasteiger partial charge >= 0.3 is 0 Å². The molecule has 2 saturated heterocycles. The van der Waals surface area contributed by atoms with E-state index in [-0.39, 0.29) is 6.10 Å². The summed E-state index contributed by atoms with van der Waals surface area (Å²) >= 11 is 1.85. The summed E-state index contributed by atoms with van der Waals surface area (Å²) in [6, 6.07) is 2.20. The smallest absolute Gasteiger partial charge is 0.255 e. The fraction of sp³-hybridized carbons (Fsp3) is 0.600. The van der Waals surface area contributed by atoms with E-state index in [2.05, 4.69) is 33.4 Å². The Morgan fingerprint density at radius 1 is 1.38 bits per heavy atom. The topological polar surface area (TPSA) is 51.4 Å². The van der Waals surface area contributed by atoms with Crippen molar-refractivity contribution < 1.29 is 9.26 Å². The van der Waals surface area contributed by atoms with Crippen LogP contribution in [-0.2, 0) is 11.3 Å². The van der Waals surface area contributed by atoms with Crippen molar-refractivity contribution >= 4 is 11.3 Å². The van der Waals surface area contributed by atoms with Crippen molar-refractivity contribution in [2.45, 2.75) is 39.0 Å². The lowest BCUT2D eigenvalue weighted by Crippen LogP contribution is -2.23. The maximum absolute atomic E-state index is 6.13. The molecule has 0 saturated carbocycles. The number of hydrogen-bond donors (Lipinski definition) is 0. The molecule has 6 heteroatoms. The molecule has 3 atom stereocenters. The van der Waals surface area contributed by atoms with Crippen LogP contribution in [0.4, 0.5) is 0 Å². The molecule has 2 aliphatic rings. The molecule has 0 unspecified atom stereocenters. The van der Waals surface area contributed by atoms with Crippen LogP contribution in [0.25, 0.3) is 0 Å². The number of rotatable bonds is 3. The minimum absolute atomic E-state index is 0.00757. The number of aromatic nitrogens is 2. The molecular weight excluding hydrogens is 286 g/mol. The summed E-state index contributed by atoms with van der Waals surface area (Å²) in [6.07, 6.45) is 1.29. The molecule has 0 bridgehead atoms. The first-order chi connectivity index (χ1) is 10.2. The van der Waals surface area contributed by atoms with Crippen molar-refractivity contribution in [1.82, 2.24) is 15.0 Å². The molecule has 0 amide bonds. The molecule has 0 aliphatic carbocycles. The molecule has 0 aromatic carbocycles. The van der Waals surface area contributed by atoms with Gasteiger partial charge in [-0.05, 0) is 37.3 Å². The summed E-state index contributed by atoms with van der Waals surface area (Å²) in [5.74, 6) is 1.91. The first-order valence-corrected chi connectivity index (χ1v) is 8.28. The van der Waals surface area contributed by atoms with E-state index in [4.69, 9.17) is 9.26 Å². The van der Waals surface area contributed by atoms with Gasteiger partial charge in [-0.3, -0.25) is 4.90 Å². The molecular formula is C15H19N3O2S. The molecule has 5 nitrogen and oxygen atoms in total. The molecule has 112 valence electrons. The van der Waals surface area contributed by atoms with Gasteiger partial charge in [-0.15, -0.1) is 11.3 Å². The molecule has 0 N–H and O–H groups in total. The van der Waals surface area contributed by atoms with Crippen molar-refractivity contribution in [2.24, 2.45) is 5.92 Å². The average Bonchev–Trinajstić information content (AvgIpc) is 3.15. The third kappa shape index (κ3) is 2.52. The summed E-state index contributed by atoms with van der Waals surface area (Å²) in [5, 5.41) is 6.03. The number of thiophene rings is 1. The highest BCUT2D eigenvalue weighted by Gasteiger charge is 2.44. The summed E-state index contributed by atoms with van der Waals surface area (Å²) in [7, 11) is 0. The quantitative estimate of drug-likeness (QED) is 0.872. The maximum Gasteiger partial charge on any atom is 0.255 e. The second-order valence-electron chi connectivity index (χ2n) is 6.06. The number of likely N-dealkylation sites (tertiary alicyclic amines) is 1. The number of aryl methyl sites for hydroxylation is 2. The SMILES string of the molecule is Cc1noc([C@@H]2C[C@H]3CN(Cc4sccc4C)C[C@H]3O2)n1. The summed E-state index contributed by atoms with van der Waals surface area (Å²) in [5.41, 5.74) is 1.40. The summed E-state index contributed by atoms with van der Waals surface area (Å²) < 4.78 is 11.4. The van der Waals surface area contributed by atoms with Crippen LogP contribution < -0.4 is 0 Å². The van der Waals surface area contributed by atoms with Crippen molar-refractivity contribution in [3.8, 4) is 0 Å². The van der Waals surface area contributed by atoms with Crippen LogP contribution in [0.15, 0.2) is 16.0 Å². The zero-order valence-corrected chi connectivity index (χ0v) is 13.1. The molecule has 0 radical (unpaired) electrons. The minimum atomic E-state index is -0.00757. The first-order valence-electron chi connectivity index (χ1n) is 7.40. The third-order valence-electron chi connectivity index (χ3n) is 4.47.